The Morgan fingerprint density at radius 2 is 0.878 bits per heavy atom. The van der Waals surface area contributed by atoms with E-state index >= 15 is 0 Å². The summed E-state index contributed by atoms with van der Waals surface area (Å²) >= 11 is 3.67. The van der Waals surface area contributed by atoms with Crippen LogP contribution >= 0.6 is 34.0 Å². The zero-order valence-corrected chi connectivity index (χ0v) is 49.7. The molecule has 0 bridgehead atoms. The largest absolute Gasteiger partial charge is 0.508 e. The zero-order valence-electron chi connectivity index (χ0n) is 47.3. The van der Waals surface area contributed by atoms with Crippen molar-refractivity contribution < 1.29 is 78.0 Å². The summed E-state index contributed by atoms with van der Waals surface area (Å²) in [5.74, 6) is -0.135. The van der Waals surface area contributed by atoms with E-state index in [9.17, 15) is 44.1 Å². The SMILES string of the molecule is Cc1[nH]cnc1C(=O)c1sc2cc(O)ccc2c1Oc1ccc(/C=C/C(=O)O)cc1.Cc1cc(C(=O)c2sc3cc(O)ccc3c2Oc2ccc(/C=C/C(=O)O)cc2)co1.Cc1cnc(C(=O)c2sc3cc(O)ccc3c2Oc2ccc(/C=C/C(=O)O)cc2)[nH]1. The van der Waals surface area contributed by atoms with Crippen molar-refractivity contribution in [3.63, 3.8) is 0 Å². The molecule has 0 aliphatic rings. The number of furan rings is 1. The molecular formula is C67H48N4O16S3. The number of carboxylic acid groups (broad SMARTS) is 3. The van der Waals surface area contributed by atoms with Crippen LogP contribution in [0.5, 0.6) is 51.7 Å². The fourth-order valence-corrected chi connectivity index (χ4v) is 12.1. The number of phenolic OH excluding ortho intramolecular Hbond substituents is 3. The molecular weight excluding hydrogens is 1210 g/mol. The lowest BCUT2D eigenvalue weighted by molar-refractivity contribution is -0.132. The van der Waals surface area contributed by atoms with Crippen molar-refractivity contribution in [1.29, 1.82) is 0 Å². The van der Waals surface area contributed by atoms with Crippen LogP contribution in [0.4, 0.5) is 0 Å². The first kappa shape index (κ1) is 61.4. The Labute approximate surface area is 521 Å². The Hall–Kier alpha value is -11.7. The van der Waals surface area contributed by atoms with Crippen molar-refractivity contribution in [2.75, 3.05) is 0 Å². The Bertz CT molecular complexity index is 4610. The lowest BCUT2D eigenvalue weighted by Gasteiger charge is -2.08. The molecule has 12 rings (SSSR count). The number of thiophene rings is 3. The number of benzene rings is 6. The highest BCUT2D eigenvalue weighted by molar-refractivity contribution is 7.22. The number of hydrogen-bond acceptors (Lipinski definition) is 18. The third-order valence-electron chi connectivity index (χ3n) is 13.0. The molecule has 6 heterocycles. The molecule has 0 spiro atoms. The van der Waals surface area contributed by atoms with Gasteiger partial charge in [-0.3, -0.25) is 14.4 Å². The monoisotopic (exact) mass is 1260 g/mol. The average Bonchev–Trinajstić information content (AvgIpc) is 1.66. The number of aromatic hydroxyl groups is 3. The first-order valence-corrected chi connectivity index (χ1v) is 29.2. The van der Waals surface area contributed by atoms with Crippen molar-refractivity contribution in [3.05, 3.63) is 236 Å². The molecule has 20 nitrogen and oxygen atoms in total. The summed E-state index contributed by atoms with van der Waals surface area (Å²) < 4.78 is 25.6. The van der Waals surface area contributed by atoms with E-state index < -0.39 is 17.9 Å². The minimum atomic E-state index is -1.03. The van der Waals surface area contributed by atoms with E-state index in [1.807, 2.05) is 6.92 Å². The van der Waals surface area contributed by atoms with Crippen LogP contribution in [0, 0.1) is 20.8 Å². The third-order valence-corrected chi connectivity index (χ3v) is 16.4. The lowest BCUT2D eigenvalue weighted by Crippen LogP contribution is -2.03. The number of fused-ring (bicyclic) bond motifs is 3. The molecule has 12 aromatic rings. The van der Waals surface area contributed by atoms with Crippen LogP contribution in [-0.4, -0.2) is 85.8 Å². The van der Waals surface area contributed by atoms with Crippen LogP contribution in [0.25, 0.3) is 48.5 Å². The third kappa shape index (κ3) is 14.6. The van der Waals surface area contributed by atoms with Gasteiger partial charge in [0.05, 0.1) is 11.9 Å². The van der Waals surface area contributed by atoms with E-state index in [4.69, 9.17) is 33.9 Å². The smallest absolute Gasteiger partial charge is 0.328 e. The van der Waals surface area contributed by atoms with Gasteiger partial charge in [0.2, 0.25) is 17.3 Å². The molecule has 0 saturated heterocycles. The normalized spacial score (nSPS) is 11.2. The van der Waals surface area contributed by atoms with E-state index in [2.05, 4.69) is 19.9 Å². The van der Waals surface area contributed by atoms with Gasteiger partial charge in [-0.15, -0.1) is 34.0 Å². The van der Waals surface area contributed by atoms with Gasteiger partial charge in [-0.1, -0.05) is 36.4 Å². The van der Waals surface area contributed by atoms with Crippen molar-refractivity contribution in [1.82, 2.24) is 19.9 Å². The van der Waals surface area contributed by atoms with E-state index in [0.29, 0.717) is 114 Å². The van der Waals surface area contributed by atoms with Gasteiger partial charge in [0.15, 0.2) is 23.1 Å². The van der Waals surface area contributed by atoms with Crippen LogP contribution in [0.2, 0.25) is 0 Å². The Balaban J connectivity index is 0.000000148. The number of carboxylic acids is 3. The number of nitrogens with one attached hydrogen (secondary N) is 2. The number of aliphatic carboxylic acids is 3. The Morgan fingerprint density at radius 3 is 1.21 bits per heavy atom. The number of hydrogen-bond donors (Lipinski definition) is 8. The summed E-state index contributed by atoms with van der Waals surface area (Å²) in [6, 6.07) is 36.6. The summed E-state index contributed by atoms with van der Waals surface area (Å²) in [5, 5.41) is 57.7. The number of aromatic nitrogens is 4. The molecule has 6 aromatic heterocycles. The molecule has 0 amide bonds. The highest BCUT2D eigenvalue weighted by atomic mass is 32.1. The summed E-state index contributed by atoms with van der Waals surface area (Å²) in [6.45, 7) is 5.34. The molecule has 0 aliphatic carbocycles. The topological polar surface area (TPSA) is 322 Å². The van der Waals surface area contributed by atoms with Crippen LogP contribution in [0.3, 0.4) is 0 Å². The molecule has 450 valence electrons. The molecule has 6 aromatic carbocycles. The predicted octanol–water partition coefficient (Wildman–Crippen LogP) is 15.1. The number of imidazole rings is 2. The number of rotatable bonds is 18. The number of nitrogens with zero attached hydrogens (tertiary/aromatic N) is 2. The number of H-pyrrole nitrogens is 2. The number of phenols is 3. The Kier molecular flexibility index (Phi) is 18.4. The highest BCUT2D eigenvalue weighted by Gasteiger charge is 2.27. The van der Waals surface area contributed by atoms with Gasteiger partial charge in [-0.2, -0.15) is 0 Å². The van der Waals surface area contributed by atoms with Gasteiger partial charge in [0.25, 0.3) is 0 Å². The molecule has 23 heteroatoms. The molecule has 0 aliphatic heterocycles. The number of ketones is 3. The fraction of sp³-hybridized carbons (Fsp3) is 0.0448. The predicted molar refractivity (Wildman–Crippen MR) is 340 cm³/mol. The van der Waals surface area contributed by atoms with Gasteiger partial charge in [-0.25, -0.2) is 24.4 Å². The van der Waals surface area contributed by atoms with Crippen molar-refractivity contribution >= 4 is 118 Å². The minimum absolute atomic E-state index is 0.0951. The number of aryl methyl sites for hydroxylation is 3. The van der Waals surface area contributed by atoms with Crippen LogP contribution in [-0.2, 0) is 14.4 Å². The second-order valence-electron chi connectivity index (χ2n) is 19.6. The van der Waals surface area contributed by atoms with Gasteiger partial charge >= 0.3 is 17.9 Å². The molecule has 90 heavy (non-hydrogen) atoms. The van der Waals surface area contributed by atoms with Crippen LogP contribution in [0.15, 0.2) is 175 Å². The standard InChI is InChI=1S/C23H16O6S.2C22H16N2O5S/c1-13-10-15(12-28-13)21(27)23-22(18-8-5-16(24)11-19(18)30-23)29-17-6-2-14(3-7-17)4-9-20(25)26;1-12-19(24-11-23-12)20(28)22-21(16-8-5-14(25)10-17(16)30-22)29-15-6-2-13(3-7-15)4-9-18(26)27;1-12-11-23-22(24-12)19(28)21-20(16-8-5-14(25)10-17(16)30-21)29-15-6-2-13(3-7-15)4-9-18(26)27/h2-12,24H,1H3,(H,25,26);2*2-11,25H,1H3,(H,23,24)(H,26,27)/b3*9-4+. The van der Waals surface area contributed by atoms with E-state index in [-0.39, 0.29) is 40.4 Å². The second-order valence-corrected chi connectivity index (χ2v) is 22.7. The number of aromatic amines is 2. The van der Waals surface area contributed by atoms with Crippen molar-refractivity contribution in [2.45, 2.75) is 20.8 Å². The zero-order chi connectivity index (χ0) is 63.8. The molecule has 0 fully saturated rings. The summed E-state index contributed by atoms with van der Waals surface area (Å²) in [7, 11) is 0. The van der Waals surface area contributed by atoms with Crippen LogP contribution < -0.4 is 14.2 Å². The van der Waals surface area contributed by atoms with Crippen LogP contribution in [0.1, 0.15) is 79.9 Å². The van der Waals surface area contributed by atoms with E-state index in [1.165, 1.54) is 83.0 Å². The molecule has 0 saturated carbocycles. The maximum Gasteiger partial charge on any atom is 0.328 e. The van der Waals surface area contributed by atoms with E-state index in [0.717, 1.165) is 28.6 Å². The van der Waals surface area contributed by atoms with Gasteiger partial charge < -0.3 is 59.2 Å². The Morgan fingerprint density at radius 1 is 0.489 bits per heavy atom. The number of carbonyl (C=O) groups excluding carboxylic acids is 3. The fourth-order valence-electron chi connectivity index (χ4n) is 8.76. The number of carbonyl (C=O) groups is 6. The minimum Gasteiger partial charge on any atom is -0.508 e. The van der Waals surface area contributed by atoms with E-state index in [1.54, 1.807) is 135 Å². The second kappa shape index (κ2) is 26.9. The van der Waals surface area contributed by atoms with Gasteiger partial charge in [0.1, 0.15) is 66.8 Å². The molecule has 0 atom stereocenters. The highest BCUT2D eigenvalue weighted by Crippen LogP contribution is 2.46. The maximum atomic E-state index is 13.1. The van der Waals surface area contributed by atoms with Crippen molar-refractivity contribution in [3.8, 4) is 51.7 Å². The molecule has 0 unspecified atom stereocenters. The van der Waals surface area contributed by atoms with Crippen molar-refractivity contribution in [2.24, 2.45) is 0 Å². The number of ether oxygens (including phenoxy) is 3. The summed E-state index contributed by atoms with van der Waals surface area (Å²) in [4.78, 5) is 86.4. The van der Waals surface area contributed by atoms with Gasteiger partial charge in [-0.05, 0) is 153 Å². The average molecular weight is 1260 g/mol. The maximum absolute atomic E-state index is 13.1. The summed E-state index contributed by atoms with van der Waals surface area (Å²) in [5.41, 5.74) is 4.26. The lowest BCUT2D eigenvalue weighted by atomic mass is 10.1. The summed E-state index contributed by atoms with van der Waals surface area (Å²) in [6.07, 6.45) is 12.0. The quantitative estimate of drug-likeness (QED) is 0.0292. The molecule has 0 radical (unpaired) electrons. The first-order chi connectivity index (χ1) is 43.2. The molecule has 8 N–H and O–H groups in total. The first-order valence-electron chi connectivity index (χ1n) is 26.8. The van der Waals surface area contributed by atoms with Gasteiger partial charge in [0, 0.05) is 66.1 Å².